The van der Waals surface area contributed by atoms with Crippen molar-refractivity contribution in [1.82, 2.24) is 0 Å². The molecule has 2 heteroatoms. The minimum atomic E-state index is 0.258. The molecular formula is C18H29NO. The number of ether oxygens (including phenoxy) is 1. The van der Waals surface area contributed by atoms with Gasteiger partial charge >= 0.3 is 0 Å². The summed E-state index contributed by atoms with van der Waals surface area (Å²) in [6, 6.07) is 6.63. The molecule has 1 saturated carbocycles. The molecule has 1 aromatic carbocycles. The average molecular weight is 275 g/mol. The third kappa shape index (κ3) is 4.52. The summed E-state index contributed by atoms with van der Waals surface area (Å²) in [4.78, 5) is 0. The largest absolute Gasteiger partial charge is 0.496 e. The fourth-order valence-electron chi connectivity index (χ4n) is 3.46. The van der Waals surface area contributed by atoms with Crippen molar-refractivity contribution in [2.45, 2.75) is 64.3 Å². The number of rotatable bonds is 5. The van der Waals surface area contributed by atoms with Crippen LogP contribution in [0.3, 0.4) is 0 Å². The number of nitrogens with two attached hydrogens (primary N) is 1. The minimum Gasteiger partial charge on any atom is -0.496 e. The van der Waals surface area contributed by atoms with E-state index in [1.54, 1.807) is 7.11 Å². The van der Waals surface area contributed by atoms with Crippen LogP contribution >= 0.6 is 0 Å². The Bertz CT molecular complexity index is 408. The highest BCUT2D eigenvalue weighted by atomic mass is 16.5. The van der Waals surface area contributed by atoms with Crippen molar-refractivity contribution in [3.63, 3.8) is 0 Å². The first kappa shape index (κ1) is 15.4. The SMILES string of the molecule is COc1ccc(C)cc1CC(N)CC1CCCCCC1. The third-order valence-electron chi connectivity index (χ3n) is 4.53. The van der Waals surface area contributed by atoms with Crippen LogP contribution in [0.25, 0.3) is 0 Å². The van der Waals surface area contributed by atoms with Gasteiger partial charge in [0.05, 0.1) is 7.11 Å². The lowest BCUT2D eigenvalue weighted by molar-refractivity contribution is 0.379. The van der Waals surface area contributed by atoms with Crippen LogP contribution in [0.1, 0.15) is 56.1 Å². The van der Waals surface area contributed by atoms with Crippen molar-refractivity contribution in [1.29, 1.82) is 0 Å². The van der Waals surface area contributed by atoms with Gasteiger partial charge in [-0.25, -0.2) is 0 Å². The molecule has 0 heterocycles. The van der Waals surface area contributed by atoms with Gasteiger partial charge in [0.2, 0.25) is 0 Å². The molecule has 0 bridgehead atoms. The van der Waals surface area contributed by atoms with Crippen LogP contribution in [0.5, 0.6) is 5.75 Å². The van der Waals surface area contributed by atoms with E-state index in [0.29, 0.717) is 0 Å². The minimum absolute atomic E-state index is 0.258. The van der Waals surface area contributed by atoms with E-state index in [9.17, 15) is 0 Å². The number of hydrogen-bond acceptors (Lipinski definition) is 2. The summed E-state index contributed by atoms with van der Waals surface area (Å²) in [7, 11) is 1.74. The Balaban J connectivity index is 1.93. The Morgan fingerprint density at radius 1 is 1.20 bits per heavy atom. The van der Waals surface area contributed by atoms with Crippen molar-refractivity contribution >= 4 is 0 Å². The second-order valence-electron chi connectivity index (χ2n) is 6.37. The van der Waals surface area contributed by atoms with E-state index in [1.807, 2.05) is 0 Å². The van der Waals surface area contributed by atoms with Crippen LogP contribution in [0, 0.1) is 12.8 Å². The van der Waals surface area contributed by atoms with Gasteiger partial charge in [-0.05, 0) is 37.3 Å². The summed E-state index contributed by atoms with van der Waals surface area (Å²) in [6.07, 6.45) is 10.5. The van der Waals surface area contributed by atoms with E-state index in [4.69, 9.17) is 10.5 Å². The molecule has 0 radical (unpaired) electrons. The molecule has 1 unspecified atom stereocenters. The summed E-state index contributed by atoms with van der Waals surface area (Å²) < 4.78 is 5.46. The monoisotopic (exact) mass is 275 g/mol. The molecule has 1 atom stereocenters. The van der Waals surface area contributed by atoms with Gasteiger partial charge < -0.3 is 10.5 Å². The van der Waals surface area contributed by atoms with Crippen molar-refractivity contribution in [3.05, 3.63) is 29.3 Å². The van der Waals surface area contributed by atoms with Crippen LogP contribution in [0.4, 0.5) is 0 Å². The maximum Gasteiger partial charge on any atom is 0.122 e. The molecule has 1 aliphatic rings. The highest BCUT2D eigenvalue weighted by Crippen LogP contribution is 2.28. The van der Waals surface area contributed by atoms with E-state index in [0.717, 1.165) is 24.5 Å². The highest BCUT2D eigenvalue weighted by Gasteiger charge is 2.17. The normalized spacial score (nSPS) is 18.6. The molecule has 2 N–H and O–H groups in total. The van der Waals surface area contributed by atoms with E-state index in [1.165, 1.54) is 49.7 Å². The van der Waals surface area contributed by atoms with Gasteiger partial charge in [0, 0.05) is 6.04 Å². The van der Waals surface area contributed by atoms with Gasteiger partial charge in [-0.15, -0.1) is 0 Å². The Morgan fingerprint density at radius 2 is 1.90 bits per heavy atom. The van der Waals surface area contributed by atoms with E-state index in [-0.39, 0.29) is 6.04 Å². The van der Waals surface area contributed by atoms with Gasteiger partial charge in [0.15, 0.2) is 0 Å². The summed E-state index contributed by atoms with van der Waals surface area (Å²) in [6.45, 7) is 2.12. The second-order valence-corrected chi connectivity index (χ2v) is 6.37. The maximum atomic E-state index is 6.41. The first-order valence-corrected chi connectivity index (χ1v) is 8.08. The summed E-state index contributed by atoms with van der Waals surface area (Å²) in [5, 5.41) is 0. The fourth-order valence-corrected chi connectivity index (χ4v) is 3.46. The predicted octanol–water partition coefficient (Wildman–Crippen LogP) is 4.23. The molecule has 2 rings (SSSR count). The molecule has 1 fully saturated rings. The standard InChI is InChI=1S/C18H29NO/c1-14-9-10-18(20-2)16(11-14)13-17(19)12-15-7-5-3-4-6-8-15/h9-11,15,17H,3-8,12-13,19H2,1-2H3. The molecule has 1 aliphatic carbocycles. The number of methoxy groups -OCH3 is 1. The molecule has 2 nitrogen and oxygen atoms in total. The molecule has 0 saturated heterocycles. The Morgan fingerprint density at radius 3 is 2.55 bits per heavy atom. The van der Waals surface area contributed by atoms with Crippen LogP contribution in [0.2, 0.25) is 0 Å². The van der Waals surface area contributed by atoms with E-state index < -0.39 is 0 Å². The molecule has 112 valence electrons. The lowest BCUT2D eigenvalue weighted by Gasteiger charge is -2.20. The maximum absolute atomic E-state index is 6.41. The zero-order chi connectivity index (χ0) is 14.4. The average Bonchev–Trinajstić information content (AvgIpc) is 2.67. The van der Waals surface area contributed by atoms with Crippen LogP contribution in [0.15, 0.2) is 18.2 Å². The lowest BCUT2D eigenvalue weighted by atomic mass is 9.90. The quantitative estimate of drug-likeness (QED) is 0.816. The smallest absolute Gasteiger partial charge is 0.122 e. The fraction of sp³-hybridized carbons (Fsp3) is 0.667. The number of hydrogen-bond donors (Lipinski definition) is 1. The first-order valence-electron chi connectivity index (χ1n) is 8.08. The van der Waals surface area contributed by atoms with Gasteiger partial charge in [-0.3, -0.25) is 0 Å². The molecule has 0 spiro atoms. The zero-order valence-corrected chi connectivity index (χ0v) is 13.0. The molecule has 0 aliphatic heterocycles. The molecule has 20 heavy (non-hydrogen) atoms. The van der Waals surface area contributed by atoms with Crippen LogP contribution in [-0.4, -0.2) is 13.2 Å². The third-order valence-corrected chi connectivity index (χ3v) is 4.53. The van der Waals surface area contributed by atoms with E-state index in [2.05, 4.69) is 25.1 Å². The molecular weight excluding hydrogens is 246 g/mol. The zero-order valence-electron chi connectivity index (χ0n) is 13.0. The Labute approximate surface area is 123 Å². The van der Waals surface area contributed by atoms with Gasteiger partial charge in [0.25, 0.3) is 0 Å². The van der Waals surface area contributed by atoms with Crippen LogP contribution < -0.4 is 10.5 Å². The highest BCUT2D eigenvalue weighted by molar-refractivity contribution is 5.37. The molecule has 1 aromatic rings. The van der Waals surface area contributed by atoms with Crippen LogP contribution in [-0.2, 0) is 6.42 Å². The van der Waals surface area contributed by atoms with Gasteiger partial charge in [0.1, 0.15) is 5.75 Å². The molecule has 0 aromatic heterocycles. The molecule has 0 amide bonds. The van der Waals surface area contributed by atoms with Crippen molar-refractivity contribution in [3.8, 4) is 5.75 Å². The second kappa shape index (κ2) is 7.68. The topological polar surface area (TPSA) is 35.2 Å². The summed E-state index contributed by atoms with van der Waals surface area (Å²) >= 11 is 0. The predicted molar refractivity (Wildman–Crippen MR) is 85.2 cm³/mol. The summed E-state index contributed by atoms with van der Waals surface area (Å²) in [5.41, 5.74) is 8.94. The number of benzene rings is 1. The summed E-state index contributed by atoms with van der Waals surface area (Å²) in [5.74, 6) is 1.82. The first-order chi connectivity index (χ1) is 9.69. The van der Waals surface area contributed by atoms with Gasteiger partial charge in [-0.2, -0.15) is 0 Å². The van der Waals surface area contributed by atoms with Gasteiger partial charge in [-0.1, -0.05) is 56.2 Å². The van der Waals surface area contributed by atoms with Crippen molar-refractivity contribution in [2.75, 3.05) is 7.11 Å². The van der Waals surface area contributed by atoms with Crippen molar-refractivity contribution in [2.24, 2.45) is 11.7 Å². The lowest BCUT2D eigenvalue weighted by Crippen LogP contribution is -2.26. The van der Waals surface area contributed by atoms with E-state index >= 15 is 0 Å². The Kier molecular flexibility index (Phi) is 5.90. The van der Waals surface area contributed by atoms with Crippen molar-refractivity contribution < 1.29 is 4.74 Å². The number of aryl methyl sites for hydroxylation is 1. The Hall–Kier alpha value is -1.02.